The third-order valence-electron chi connectivity index (χ3n) is 2.53. The Kier molecular flexibility index (Phi) is 4.83. The molecule has 0 saturated carbocycles. The predicted molar refractivity (Wildman–Crippen MR) is 65.7 cm³/mol. The molecule has 0 spiro atoms. The van der Waals surface area contributed by atoms with Crippen molar-refractivity contribution in [2.45, 2.75) is 26.7 Å². The van der Waals surface area contributed by atoms with E-state index < -0.39 is 5.97 Å². The van der Waals surface area contributed by atoms with Gasteiger partial charge in [-0.1, -0.05) is 32.4 Å². The summed E-state index contributed by atoms with van der Waals surface area (Å²) in [6, 6.07) is 8.16. The van der Waals surface area contributed by atoms with Gasteiger partial charge in [-0.15, -0.1) is 0 Å². The van der Waals surface area contributed by atoms with Gasteiger partial charge in [0.1, 0.15) is 0 Å². The molecule has 1 aromatic carbocycles. The van der Waals surface area contributed by atoms with E-state index in [1.54, 1.807) is 6.92 Å². The molecule has 88 valence electrons. The summed E-state index contributed by atoms with van der Waals surface area (Å²) in [5.74, 6) is -1.13. The molecule has 0 heterocycles. The van der Waals surface area contributed by atoms with Crippen LogP contribution in [0.25, 0.3) is 0 Å². The maximum atomic E-state index is 10.6. The molecule has 0 aromatic heterocycles. The van der Waals surface area contributed by atoms with Crippen LogP contribution >= 0.6 is 0 Å². The van der Waals surface area contributed by atoms with Crippen LogP contribution in [-0.2, 0) is 11.2 Å². The van der Waals surface area contributed by atoms with Crippen LogP contribution in [0.1, 0.15) is 25.8 Å². The monoisotopic (exact) mass is 221 g/mol. The fraction of sp³-hybridized carbons (Fsp3) is 0.462. The Morgan fingerprint density at radius 3 is 2.50 bits per heavy atom. The third-order valence-corrected chi connectivity index (χ3v) is 2.53. The van der Waals surface area contributed by atoms with E-state index in [9.17, 15) is 4.79 Å². The lowest BCUT2D eigenvalue weighted by Gasteiger charge is -2.10. The molecule has 0 amide bonds. The van der Waals surface area contributed by atoms with Crippen LogP contribution in [-0.4, -0.2) is 17.6 Å². The van der Waals surface area contributed by atoms with Gasteiger partial charge in [-0.2, -0.15) is 0 Å². The van der Waals surface area contributed by atoms with E-state index in [1.165, 1.54) is 5.56 Å². The van der Waals surface area contributed by atoms with Gasteiger partial charge < -0.3 is 10.4 Å². The summed E-state index contributed by atoms with van der Waals surface area (Å²) >= 11 is 0. The molecule has 1 atom stereocenters. The third kappa shape index (κ3) is 3.93. The van der Waals surface area contributed by atoms with Gasteiger partial charge in [-0.25, -0.2) is 0 Å². The first-order valence-corrected chi connectivity index (χ1v) is 5.69. The SMILES string of the molecule is CCCc1ccc(NCC(C)C(=O)O)cc1. The smallest absolute Gasteiger partial charge is 0.308 e. The Bertz CT molecular complexity index is 332. The molecule has 0 aliphatic rings. The Hall–Kier alpha value is -1.51. The fourth-order valence-corrected chi connectivity index (χ4v) is 1.44. The molecule has 16 heavy (non-hydrogen) atoms. The van der Waals surface area contributed by atoms with Crippen molar-refractivity contribution in [1.29, 1.82) is 0 Å². The van der Waals surface area contributed by atoms with E-state index in [-0.39, 0.29) is 5.92 Å². The Labute approximate surface area is 96.5 Å². The van der Waals surface area contributed by atoms with Crippen LogP contribution in [0, 0.1) is 5.92 Å². The molecule has 0 bridgehead atoms. The highest BCUT2D eigenvalue weighted by Crippen LogP contribution is 2.11. The molecule has 0 aliphatic heterocycles. The number of hydrogen-bond donors (Lipinski definition) is 2. The maximum Gasteiger partial charge on any atom is 0.308 e. The molecular weight excluding hydrogens is 202 g/mol. The molecule has 2 N–H and O–H groups in total. The van der Waals surface area contributed by atoms with E-state index in [4.69, 9.17) is 5.11 Å². The van der Waals surface area contributed by atoms with Gasteiger partial charge in [0.05, 0.1) is 5.92 Å². The van der Waals surface area contributed by atoms with Gasteiger partial charge in [-0.3, -0.25) is 4.79 Å². The molecule has 3 heteroatoms. The first-order chi connectivity index (χ1) is 7.63. The van der Waals surface area contributed by atoms with Crippen molar-refractivity contribution < 1.29 is 9.90 Å². The fourth-order valence-electron chi connectivity index (χ4n) is 1.44. The molecule has 3 nitrogen and oxygen atoms in total. The molecule has 0 fully saturated rings. The Balaban J connectivity index is 2.46. The van der Waals surface area contributed by atoms with E-state index in [0.29, 0.717) is 6.54 Å². The molecule has 0 radical (unpaired) electrons. The number of aryl methyl sites for hydroxylation is 1. The Morgan fingerprint density at radius 2 is 2.00 bits per heavy atom. The number of carboxylic acids is 1. The van der Waals surface area contributed by atoms with Gasteiger partial charge in [0.2, 0.25) is 0 Å². The van der Waals surface area contributed by atoms with Gasteiger partial charge in [-0.05, 0) is 24.1 Å². The lowest BCUT2D eigenvalue weighted by Crippen LogP contribution is -2.19. The predicted octanol–water partition coefficient (Wildman–Crippen LogP) is 2.77. The van der Waals surface area contributed by atoms with Crippen LogP contribution < -0.4 is 5.32 Å². The summed E-state index contributed by atoms with van der Waals surface area (Å²) in [6.07, 6.45) is 2.23. The van der Waals surface area contributed by atoms with Gasteiger partial charge >= 0.3 is 5.97 Å². The number of anilines is 1. The van der Waals surface area contributed by atoms with Gasteiger partial charge in [0, 0.05) is 12.2 Å². The summed E-state index contributed by atoms with van der Waals surface area (Å²) in [6.45, 7) is 4.31. The van der Waals surface area contributed by atoms with E-state index in [0.717, 1.165) is 18.5 Å². The summed E-state index contributed by atoms with van der Waals surface area (Å²) < 4.78 is 0. The number of hydrogen-bond acceptors (Lipinski definition) is 2. The number of nitrogens with one attached hydrogen (secondary N) is 1. The highest BCUT2D eigenvalue weighted by Gasteiger charge is 2.09. The average molecular weight is 221 g/mol. The largest absolute Gasteiger partial charge is 0.481 e. The minimum Gasteiger partial charge on any atom is -0.481 e. The van der Waals surface area contributed by atoms with Crippen molar-refractivity contribution in [3.05, 3.63) is 29.8 Å². The highest BCUT2D eigenvalue weighted by atomic mass is 16.4. The van der Waals surface area contributed by atoms with E-state index in [1.807, 2.05) is 12.1 Å². The standard InChI is InChI=1S/C13H19NO2/c1-3-4-11-5-7-12(8-6-11)14-9-10(2)13(15)16/h5-8,10,14H,3-4,9H2,1-2H3,(H,15,16). The van der Waals surface area contributed by atoms with Crippen molar-refractivity contribution in [2.24, 2.45) is 5.92 Å². The quantitative estimate of drug-likeness (QED) is 0.776. The molecular formula is C13H19NO2. The summed E-state index contributed by atoms with van der Waals surface area (Å²) in [4.78, 5) is 10.6. The van der Waals surface area contributed by atoms with Gasteiger partial charge in [0.25, 0.3) is 0 Å². The molecule has 1 aromatic rings. The number of aliphatic carboxylic acids is 1. The minimum absolute atomic E-state index is 0.365. The maximum absolute atomic E-state index is 10.6. The van der Waals surface area contributed by atoms with Crippen molar-refractivity contribution in [3.63, 3.8) is 0 Å². The lowest BCUT2D eigenvalue weighted by molar-refractivity contribution is -0.140. The summed E-state index contributed by atoms with van der Waals surface area (Å²) in [5, 5.41) is 11.8. The first kappa shape index (κ1) is 12.6. The first-order valence-electron chi connectivity index (χ1n) is 5.69. The second-order valence-corrected chi connectivity index (χ2v) is 4.07. The van der Waals surface area contributed by atoms with Crippen LogP contribution in [0.3, 0.4) is 0 Å². The van der Waals surface area contributed by atoms with Crippen LogP contribution in [0.2, 0.25) is 0 Å². The molecule has 0 saturated heterocycles. The zero-order chi connectivity index (χ0) is 12.0. The van der Waals surface area contributed by atoms with Crippen molar-refractivity contribution >= 4 is 11.7 Å². The molecule has 0 aliphatic carbocycles. The lowest BCUT2D eigenvalue weighted by atomic mass is 10.1. The average Bonchev–Trinajstić information content (AvgIpc) is 2.28. The summed E-state index contributed by atoms with van der Waals surface area (Å²) in [7, 11) is 0. The molecule has 1 unspecified atom stereocenters. The zero-order valence-electron chi connectivity index (χ0n) is 9.86. The van der Waals surface area contributed by atoms with Gasteiger partial charge in [0.15, 0.2) is 0 Å². The summed E-state index contributed by atoms with van der Waals surface area (Å²) in [5.41, 5.74) is 2.30. The Morgan fingerprint density at radius 1 is 1.38 bits per heavy atom. The van der Waals surface area contributed by atoms with Crippen LogP contribution in [0.4, 0.5) is 5.69 Å². The normalized spacial score (nSPS) is 12.1. The van der Waals surface area contributed by atoms with E-state index >= 15 is 0 Å². The van der Waals surface area contributed by atoms with Crippen LogP contribution in [0.5, 0.6) is 0 Å². The second-order valence-electron chi connectivity index (χ2n) is 4.07. The van der Waals surface area contributed by atoms with Crippen molar-refractivity contribution in [2.75, 3.05) is 11.9 Å². The zero-order valence-corrected chi connectivity index (χ0v) is 9.86. The van der Waals surface area contributed by atoms with Crippen molar-refractivity contribution in [3.8, 4) is 0 Å². The number of rotatable bonds is 6. The van der Waals surface area contributed by atoms with Crippen LogP contribution in [0.15, 0.2) is 24.3 Å². The van der Waals surface area contributed by atoms with Crippen molar-refractivity contribution in [1.82, 2.24) is 0 Å². The minimum atomic E-state index is -0.768. The number of carbonyl (C=O) groups is 1. The highest BCUT2D eigenvalue weighted by molar-refractivity contribution is 5.70. The van der Waals surface area contributed by atoms with E-state index in [2.05, 4.69) is 24.4 Å². The number of carboxylic acid groups (broad SMARTS) is 1. The number of benzene rings is 1. The second kappa shape index (κ2) is 6.16. The molecule has 1 rings (SSSR count). The topological polar surface area (TPSA) is 49.3 Å².